The van der Waals surface area contributed by atoms with Crippen LogP contribution in [0, 0.1) is 5.82 Å². The molecule has 4 amide bonds. The van der Waals surface area contributed by atoms with Gasteiger partial charge in [0.2, 0.25) is 5.91 Å². The molecule has 0 unspecified atom stereocenters. The highest BCUT2D eigenvalue weighted by atomic mass is 19.1. The van der Waals surface area contributed by atoms with E-state index in [0.717, 1.165) is 6.42 Å². The zero-order valence-corrected chi connectivity index (χ0v) is 20.4. The first kappa shape index (κ1) is 25.4. The molecule has 1 fully saturated rings. The monoisotopic (exact) mass is 498 g/mol. The Balaban J connectivity index is 1.43. The number of halogens is 1. The number of nitrogens with one attached hydrogen (secondary N) is 3. The predicted octanol–water partition coefficient (Wildman–Crippen LogP) is 3.77. The van der Waals surface area contributed by atoms with Crippen LogP contribution in [0.2, 0.25) is 0 Å². The van der Waals surface area contributed by atoms with Gasteiger partial charge < -0.3 is 30.3 Å². The quantitative estimate of drug-likeness (QED) is 0.562. The minimum Gasteiger partial charge on any atom is -0.490 e. The maximum Gasteiger partial charge on any atom is 0.323 e. The van der Waals surface area contributed by atoms with Crippen molar-refractivity contribution in [2.24, 2.45) is 0 Å². The van der Waals surface area contributed by atoms with Gasteiger partial charge in [-0.05, 0) is 49.6 Å². The summed E-state index contributed by atoms with van der Waals surface area (Å²) < 4.78 is 26.0. The van der Waals surface area contributed by atoms with E-state index < -0.39 is 11.8 Å². The van der Waals surface area contributed by atoms with Crippen LogP contribution in [0.5, 0.6) is 5.75 Å². The number of anilines is 2. The lowest BCUT2D eigenvalue weighted by Gasteiger charge is -2.42. The van der Waals surface area contributed by atoms with Gasteiger partial charge in [-0.15, -0.1) is 0 Å². The van der Waals surface area contributed by atoms with Gasteiger partial charge in [-0.1, -0.05) is 19.1 Å². The lowest BCUT2D eigenvalue weighted by molar-refractivity contribution is -0.134. The molecule has 2 heterocycles. The van der Waals surface area contributed by atoms with E-state index in [1.807, 2.05) is 6.92 Å². The largest absolute Gasteiger partial charge is 0.490 e. The summed E-state index contributed by atoms with van der Waals surface area (Å²) in [4.78, 5) is 39.5. The maximum absolute atomic E-state index is 13.8. The van der Waals surface area contributed by atoms with E-state index in [2.05, 4.69) is 16.0 Å². The van der Waals surface area contributed by atoms with E-state index in [1.165, 1.54) is 18.2 Å². The van der Waals surface area contributed by atoms with Crippen LogP contribution in [-0.2, 0) is 9.53 Å². The standard InChI is InChI=1S/C26H31FN4O5/c1-3-12-28-24(32)14-17-9-10-21-23(36-17)15-35-22-11-8-16(13-18(22)25(33)31(21)2)29-26(34)30-20-7-5-4-6-19(20)27/h4-8,11,13,17,21,23H,3,9-10,12,14-15H2,1-2H3,(H,28,32)(H2,29,30,34)/t17-,21-,23-/m1/s1. The van der Waals surface area contributed by atoms with Crippen LogP contribution in [0.3, 0.4) is 0 Å². The van der Waals surface area contributed by atoms with E-state index in [0.29, 0.717) is 36.4 Å². The van der Waals surface area contributed by atoms with Gasteiger partial charge in [0.15, 0.2) is 0 Å². The maximum atomic E-state index is 13.8. The SMILES string of the molecule is CCCNC(=O)C[C@H]1CC[C@@H]2[C@@H](COc3ccc(NC(=O)Nc4ccccc4F)cc3C(=O)N2C)O1. The zero-order valence-electron chi connectivity index (χ0n) is 20.4. The van der Waals surface area contributed by atoms with Crippen molar-refractivity contribution in [3.63, 3.8) is 0 Å². The van der Waals surface area contributed by atoms with E-state index in [1.54, 1.807) is 36.2 Å². The first-order valence-electron chi connectivity index (χ1n) is 12.1. The number of carbonyl (C=O) groups excluding carboxylic acids is 3. The van der Waals surface area contributed by atoms with Crippen molar-refractivity contribution in [3.05, 3.63) is 53.8 Å². The normalized spacial score (nSPS) is 21.2. The van der Waals surface area contributed by atoms with Gasteiger partial charge in [0, 0.05) is 19.3 Å². The molecular formula is C26H31FN4O5. The molecule has 192 valence electrons. The molecule has 36 heavy (non-hydrogen) atoms. The van der Waals surface area contributed by atoms with Crippen LogP contribution in [-0.4, -0.2) is 61.2 Å². The van der Waals surface area contributed by atoms with Crippen molar-refractivity contribution >= 4 is 29.2 Å². The molecule has 0 radical (unpaired) electrons. The molecule has 3 atom stereocenters. The summed E-state index contributed by atoms with van der Waals surface area (Å²) in [6.45, 7) is 2.86. The van der Waals surface area contributed by atoms with Gasteiger partial charge in [0.05, 0.1) is 29.8 Å². The minimum absolute atomic E-state index is 0.0408. The lowest BCUT2D eigenvalue weighted by atomic mass is 9.94. The number of carbonyl (C=O) groups is 3. The van der Waals surface area contributed by atoms with Crippen molar-refractivity contribution in [3.8, 4) is 5.75 Å². The number of amides is 4. The van der Waals surface area contributed by atoms with E-state index in [-0.39, 0.29) is 48.8 Å². The Kier molecular flexibility index (Phi) is 8.04. The predicted molar refractivity (Wildman–Crippen MR) is 133 cm³/mol. The van der Waals surface area contributed by atoms with Crippen LogP contribution in [0.15, 0.2) is 42.5 Å². The Morgan fingerprint density at radius 1 is 1.14 bits per heavy atom. The molecule has 0 aromatic heterocycles. The number of likely N-dealkylation sites (N-methyl/N-ethyl adjacent to an activating group) is 1. The molecule has 0 saturated carbocycles. The second-order valence-electron chi connectivity index (χ2n) is 8.99. The van der Waals surface area contributed by atoms with E-state index >= 15 is 0 Å². The first-order valence-corrected chi connectivity index (χ1v) is 12.1. The second kappa shape index (κ2) is 11.4. The fourth-order valence-electron chi connectivity index (χ4n) is 4.50. The Hall–Kier alpha value is -3.66. The Bertz CT molecular complexity index is 1130. The van der Waals surface area contributed by atoms with E-state index in [9.17, 15) is 18.8 Å². The topological polar surface area (TPSA) is 109 Å². The number of hydrogen-bond donors (Lipinski definition) is 3. The highest BCUT2D eigenvalue weighted by Gasteiger charge is 2.39. The molecule has 0 bridgehead atoms. The van der Waals surface area contributed by atoms with Crippen molar-refractivity contribution in [1.29, 1.82) is 0 Å². The number of urea groups is 1. The molecule has 9 nitrogen and oxygen atoms in total. The second-order valence-corrected chi connectivity index (χ2v) is 8.99. The number of benzene rings is 2. The highest BCUT2D eigenvalue weighted by molar-refractivity contribution is 6.02. The van der Waals surface area contributed by atoms with Gasteiger partial charge >= 0.3 is 6.03 Å². The lowest BCUT2D eigenvalue weighted by Crippen LogP contribution is -2.54. The van der Waals surface area contributed by atoms with Gasteiger partial charge in [-0.25, -0.2) is 9.18 Å². The zero-order chi connectivity index (χ0) is 25.7. The molecule has 1 saturated heterocycles. The fourth-order valence-corrected chi connectivity index (χ4v) is 4.50. The molecule has 2 aromatic rings. The molecule has 2 aliphatic heterocycles. The number of rotatable bonds is 6. The summed E-state index contributed by atoms with van der Waals surface area (Å²) in [6.07, 6.45) is 1.89. The third kappa shape index (κ3) is 5.93. The Morgan fingerprint density at radius 2 is 1.94 bits per heavy atom. The van der Waals surface area contributed by atoms with Gasteiger partial charge in [0.1, 0.15) is 24.3 Å². The Labute approximate surface area is 209 Å². The molecule has 0 spiro atoms. The summed E-state index contributed by atoms with van der Waals surface area (Å²) in [5.74, 6) is -0.484. The van der Waals surface area contributed by atoms with Crippen LogP contribution < -0.4 is 20.7 Å². The van der Waals surface area contributed by atoms with Crippen molar-refractivity contribution < 1.29 is 28.2 Å². The van der Waals surface area contributed by atoms with E-state index in [4.69, 9.17) is 9.47 Å². The molecule has 4 rings (SSSR count). The number of fused-ring (bicyclic) bond motifs is 2. The van der Waals surface area contributed by atoms with Crippen molar-refractivity contribution in [1.82, 2.24) is 10.2 Å². The highest BCUT2D eigenvalue weighted by Crippen LogP contribution is 2.32. The number of ether oxygens (including phenoxy) is 2. The molecular weight excluding hydrogens is 467 g/mol. The van der Waals surface area contributed by atoms with Crippen molar-refractivity contribution in [2.45, 2.75) is 50.9 Å². The van der Waals surface area contributed by atoms with Crippen molar-refractivity contribution in [2.75, 3.05) is 30.8 Å². The van der Waals surface area contributed by atoms with Crippen LogP contribution in [0.1, 0.15) is 43.0 Å². The van der Waals surface area contributed by atoms with Gasteiger partial charge in [0.25, 0.3) is 5.91 Å². The third-order valence-corrected chi connectivity index (χ3v) is 6.38. The number of nitrogens with zero attached hydrogens (tertiary/aromatic N) is 1. The molecule has 2 aliphatic rings. The number of hydrogen-bond acceptors (Lipinski definition) is 5. The molecule has 0 aliphatic carbocycles. The fraction of sp³-hybridized carbons (Fsp3) is 0.423. The Morgan fingerprint density at radius 3 is 2.72 bits per heavy atom. The minimum atomic E-state index is -0.637. The average molecular weight is 499 g/mol. The summed E-state index contributed by atoms with van der Waals surface area (Å²) in [7, 11) is 1.72. The van der Waals surface area contributed by atoms with Gasteiger partial charge in [-0.3, -0.25) is 9.59 Å². The van der Waals surface area contributed by atoms with Crippen LogP contribution in [0.25, 0.3) is 0 Å². The average Bonchev–Trinajstić information content (AvgIpc) is 2.86. The molecule has 2 aromatic carbocycles. The summed E-state index contributed by atoms with van der Waals surface area (Å²) in [6, 6.07) is 9.76. The first-order chi connectivity index (χ1) is 17.4. The van der Waals surface area contributed by atoms with Crippen LogP contribution >= 0.6 is 0 Å². The third-order valence-electron chi connectivity index (χ3n) is 6.38. The summed E-state index contributed by atoms with van der Waals surface area (Å²) >= 11 is 0. The summed E-state index contributed by atoms with van der Waals surface area (Å²) in [5.41, 5.74) is 0.716. The molecule has 3 N–H and O–H groups in total. The number of para-hydroxylation sites is 1. The summed E-state index contributed by atoms with van der Waals surface area (Å²) in [5, 5.41) is 7.95. The van der Waals surface area contributed by atoms with Crippen LogP contribution in [0.4, 0.5) is 20.6 Å². The smallest absolute Gasteiger partial charge is 0.323 e. The molecule has 10 heteroatoms. The van der Waals surface area contributed by atoms with Gasteiger partial charge in [-0.2, -0.15) is 0 Å².